The molecule has 6 heteroatoms. The van der Waals surface area contributed by atoms with Gasteiger partial charge in [0.05, 0.1) is 0 Å². The summed E-state index contributed by atoms with van der Waals surface area (Å²) in [5.74, 6) is -0.958. The maximum absolute atomic E-state index is 12.8. The lowest BCUT2D eigenvalue weighted by molar-refractivity contribution is -0.167. The number of unbranched alkanes of at least 4 members (excludes halogenated alkanes) is 30. The van der Waals surface area contributed by atoms with Crippen molar-refractivity contribution in [3.05, 3.63) is 72.9 Å². The van der Waals surface area contributed by atoms with Crippen molar-refractivity contribution in [3.63, 3.8) is 0 Å². The predicted octanol–water partition coefficient (Wildman–Crippen LogP) is 19.8. The summed E-state index contributed by atoms with van der Waals surface area (Å²) in [6.07, 6.45) is 73.2. The Morgan fingerprint density at radius 2 is 0.536 bits per heavy atom. The fourth-order valence-corrected chi connectivity index (χ4v) is 8.19. The zero-order valence-electron chi connectivity index (χ0n) is 45.6. The first-order valence-corrected chi connectivity index (χ1v) is 29.4. The van der Waals surface area contributed by atoms with Gasteiger partial charge in [0.25, 0.3) is 0 Å². The second-order valence-electron chi connectivity index (χ2n) is 19.5. The average Bonchev–Trinajstić information content (AvgIpc) is 3.35. The van der Waals surface area contributed by atoms with Crippen LogP contribution in [0.2, 0.25) is 0 Å². The summed E-state index contributed by atoms with van der Waals surface area (Å²) < 4.78 is 16.8. The molecule has 0 aliphatic carbocycles. The van der Waals surface area contributed by atoms with E-state index in [4.69, 9.17) is 14.2 Å². The second kappa shape index (κ2) is 57.4. The fourth-order valence-electron chi connectivity index (χ4n) is 8.19. The molecule has 0 amide bonds. The smallest absolute Gasteiger partial charge is 0.306 e. The van der Waals surface area contributed by atoms with E-state index in [0.717, 1.165) is 70.6 Å². The van der Waals surface area contributed by atoms with E-state index in [0.29, 0.717) is 19.3 Å². The molecule has 0 heterocycles. The summed E-state index contributed by atoms with van der Waals surface area (Å²) >= 11 is 0. The third-order valence-corrected chi connectivity index (χ3v) is 12.7. The number of hydrogen-bond donors (Lipinski definition) is 0. The SMILES string of the molecule is CCCCC/C=C\C/C=C\C/C=C\C/C=C\CCCC(=O)O[C@H](COC(=O)CCCCCCC/C=C\CCCCCCCC)COC(=O)CCCCCCCCCCC/C=C\CCCCCCCC. The molecule has 0 bridgehead atoms. The van der Waals surface area contributed by atoms with E-state index < -0.39 is 6.10 Å². The number of esters is 3. The van der Waals surface area contributed by atoms with Crippen LogP contribution in [0.4, 0.5) is 0 Å². The van der Waals surface area contributed by atoms with Crippen molar-refractivity contribution in [1.29, 1.82) is 0 Å². The quantitative estimate of drug-likeness (QED) is 0.0262. The van der Waals surface area contributed by atoms with Crippen molar-refractivity contribution in [2.24, 2.45) is 0 Å². The van der Waals surface area contributed by atoms with Crippen LogP contribution in [-0.4, -0.2) is 37.2 Å². The molecule has 0 aliphatic heterocycles. The Hall–Kier alpha value is -3.15. The topological polar surface area (TPSA) is 78.9 Å². The monoisotopic (exact) mass is 963 g/mol. The van der Waals surface area contributed by atoms with Gasteiger partial charge in [-0.15, -0.1) is 0 Å². The van der Waals surface area contributed by atoms with Crippen LogP contribution in [0.25, 0.3) is 0 Å². The van der Waals surface area contributed by atoms with E-state index in [1.165, 1.54) is 173 Å². The van der Waals surface area contributed by atoms with E-state index in [1.807, 2.05) is 0 Å². The number of carbonyl (C=O) groups excluding carboxylic acids is 3. The van der Waals surface area contributed by atoms with E-state index in [1.54, 1.807) is 0 Å². The Labute approximate surface area is 427 Å². The van der Waals surface area contributed by atoms with Gasteiger partial charge >= 0.3 is 17.9 Å². The predicted molar refractivity (Wildman–Crippen MR) is 298 cm³/mol. The first kappa shape index (κ1) is 65.8. The first-order valence-electron chi connectivity index (χ1n) is 29.4. The highest BCUT2D eigenvalue weighted by molar-refractivity contribution is 5.71. The zero-order valence-corrected chi connectivity index (χ0v) is 45.6. The second-order valence-corrected chi connectivity index (χ2v) is 19.5. The van der Waals surface area contributed by atoms with E-state index in [2.05, 4.69) is 93.7 Å². The van der Waals surface area contributed by atoms with E-state index >= 15 is 0 Å². The molecule has 398 valence electrons. The highest BCUT2D eigenvalue weighted by atomic mass is 16.6. The standard InChI is InChI=1S/C63H110O6/c1-4-7-10-13-16-19-22-25-28-30-31-33-35-38-41-44-47-50-53-56-62(65)68-59-60(58-67-61(64)55-52-49-46-43-40-37-34-27-24-21-18-15-12-9-6-3)69-63(66)57-54-51-48-45-42-39-36-32-29-26-23-20-17-14-11-8-5-2/h17,20,25-29,34,36,39,45,48,60H,4-16,18-19,21-24,30-33,35,37-38,40-44,46-47,49-59H2,1-3H3/b20-17-,28-25-,29-26-,34-27-,39-36-,48-45-/t60-/m1/s1. The number of hydrogen-bond acceptors (Lipinski definition) is 6. The summed E-state index contributed by atoms with van der Waals surface area (Å²) in [4.78, 5) is 38.2. The molecule has 0 rings (SSSR count). The van der Waals surface area contributed by atoms with Gasteiger partial charge in [0, 0.05) is 19.3 Å². The molecule has 0 aromatic carbocycles. The van der Waals surface area contributed by atoms with Gasteiger partial charge in [-0.25, -0.2) is 0 Å². The molecule has 1 atom stereocenters. The number of allylic oxidation sites excluding steroid dienone is 12. The van der Waals surface area contributed by atoms with Gasteiger partial charge in [-0.2, -0.15) is 0 Å². The molecule has 0 aromatic rings. The number of rotatable bonds is 53. The lowest BCUT2D eigenvalue weighted by Gasteiger charge is -2.18. The van der Waals surface area contributed by atoms with Crippen molar-refractivity contribution >= 4 is 17.9 Å². The van der Waals surface area contributed by atoms with Gasteiger partial charge in [0.15, 0.2) is 6.10 Å². The summed E-state index contributed by atoms with van der Waals surface area (Å²) in [5.41, 5.74) is 0. The molecular formula is C63H110O6. The minimum atomic E-state index is -0.808. The van der Waals surface area contributed by atoms with Gasteiger partial charge in [0.1, 0.15) is 13.2 Å². The Balaban J connectivity index is 4.45. The normalized spacial score (nSPS) is 12.6. The van der Waals surface area contributed by atoms with Crippen LogP contribution in [0.15, 0.2) is 72.9 Å². The maximum Gasteiger partial charge on any atom is 0.306 e. The molecule has 6 nitrogen and oxygen atoms in total. The van der Waals surface area contributed by atoms with Gasteiger partial charge in [-0.3, -0.25) is 14.4 Å². The maximum atomic E-state index is 12.8. The van der Waals surface area contributed by atoms with Crippen molar-refractivity contribution < 1.29 is 28.6 Å². The molecule has 69 heavy (non-hydrogen) atoms. The molecule has 0 N–H and O–H groups in total. The Morgan fingerprint density at radius 1 is 0.290 bits per heavy atom. The molecule has 0 aromatic heterocycles. The van der Waals surface area contributed by atoms with Crippen LogP contribution in [0.3, 0.4) is 0 Å². The molecule has 0 aliphatic rings. The fraction of sp³-hybridized carbons (Fsp3) is 0.762. The lowest BCUT2D eigenvalue weighted by Crippen LogP contribution is -2.30. The van der Waals surface area contributed by atoms with Gasteiger partial charge in [-0.1, -0.05) is 235 Å². The third-order valence-electron chi connectivity index (χ3n) is 12.7. The average molecular weight is 964 g/mol. The van der Waals surface area contributed by atoms with E-state index in [-0.39, 0.29) is 37.5 Å². The van der Waals surface area contributed by atoms with Gasteiger partial charge in [-0.05, 0) is 109 Å². The molecule has 0 unspecified atom stereocenters. The van der Waals surface area contributed by atoms with Crippen LogP contribution >= 0.6 is 0 Å². The zero-order chi connectivity index (χ0) is 50.0. The molecule has 0 radical (unpaired) electrons. The summed E-state index contributed by atoms with van der Waals surface area (Å²) in [6.45, 7) is 6.57. The van der Waals surface area contributed by atoms with Crippen LogP contribution in [0.1, 0.15) is 290 Å². The summed E-state index contributed by atoms with van der Waals surface area (Å²) in [6, 6.07) is 0. The van der Waals surface area contributed by atoms with Gasteiger partial charge < -0.3 is 14.2 Å². The Morgan fingerprint density at radius 3 is 0.899 bits per heavy atom. The van der Waals surface area contributed by atoms with Crippen molar-refractivity contribution in [3.8, 4) is 0 Å². The van der Waals surface area contributed by atoms with Crippen molar-refractivity contribution in [2.75, 3.05) is 13.2 Å². The van der Waals surface area contributed by atoms with Crippen molar-refractivity contribution in [2.45, 2.75) is 297 Å². The third kappa shape index (κ3) is 55.6. The Kier molecular flexibility index (Phi) is 54.8. The largest absolute Gasteiger partial charge is 0.462 e. The molecule has 0 saturated heterocycles. The highest BCUT2D eigenvalue weighted by Crippen LogP contribution is 2.15. The molecule has 0 fully saturated rings. The Bertz CT molecular complexity index is 1290. The summed E-state index contributed by atoms with van der Waals surface area (Å²) in [5, 5.41) is 0. The first-order chi connectivity index (χ1) is 34.0. The van der Waals surface area contributed by atoms with E-state index in [9.17, 15) is 14.4 Å². The van der Waals surface area contributed by atoms with Crippen molar-refractivity contribution in [1.82, 2.24) is 0 Å². The van der Waals surface area contributed by atoms with Crippen LogP contribution < -0.4 is 0 Å². The van der Waals surface area contributed by atoms with Crippen LogP contribution in [0, 0.1) is 0 Å². The molecule has 0 spiro atoms. The highest BCUT2D eigenvalue weighted by Gasteiger charge is 2.19. The minimum Gasteiger partial charge on any atom is -0.462 e. The number of ether oxygens (including phenoxy) is 3. The summed E-state index contributed by atoms with van der Waals surface area (Å²) in [7, 11) is 0. The van der Waals surface area contributed by atoms with Crippen LogP contribution in [0.5, 0.6) is 0 Å². The molecular weight excluding hydrogens is 853 g/mol. The van der Waals surface area contributed by atoms with Gasteiger partial charge in [0.2, 0.25) is 0 Å². The van der Waals surface area contributed by atoms with Crippen LogP contribution in [-0.2, 0) is 28.6 Å². The molecule has 0 saturated carbocycles. The lowest BCUT2D eigenvalue weighted by atomic mass is 10.1. The number of carbonyl (C=O) groups is 3. The minimum absolute atomic E-state index is 0.0999.